The number of unbranched alkanes of at least 4 members (excludes halogenated alkanes) is 3. The molecule has 1 fully saturated rings. The standard InChI is InChI=1S/C34H46N2O7/c1-8-11-12-13-14-17-43-32(40)35-29(33(4,5)10-3)30(37)36-22-34(42-7,21-27(36)31(38)39)26-16-15-24-20-28(41-6)23(9-2)18-25(24)19-26/h8-9,15-16,18-20,27,29H,1-2,10-14,17,21-22H2,3-7H3,(H,35,40)(H,38,39)/t27?,29-,34?/m1/s1. The van der Waals surface area contributed by atoms with E-state index in [1.165, 1.54) is 12.0 Å². The Kier molecular flexibility index (Phi) is 11.4. The quantitative estimate of drug-likeness (QED) is 0.184. The van der Waals surface area contributed by atoms with Crippen LogP contribution in [-0.4, -0.2) is 67.4 Å². The van der Waals surface area contributed by atoms with Gasteiger partial charge in [0.2, 0.25) is 5.91 Å². The van der Waals surface area contributed by atoms with Crippen molar-refractivity contribution in [2.45, 2.75) is 77.0 Å². The van der Waals surface area contributed by atoms with Crippen molar-refractivity contribution in [1.82, 2.24) is 10.2 Å². The Morgan fingerprint density at radius 3 is 2.49 bits per heavy atom. The summed E-state index contributed by atoms with van der Waals surface area (Å²) in [5, 5.41) is 14.8. The predicted molar refractivity (Wildman–Crippen MR) is 168 cm³/mol. The van der Waals surface area contributed by atoms with Gasteiger partial charge in [0.05, 0.1) is 20.3 Å². The number of methoxy groups -OCH3 is 2. The lowest BCUT2D eigenvalue weighted by atomic mass is 9.81. The number of alkyl carbamates (subject to hydrolysis) is 1. The zero-order valence-electron chi connectivity index (χ0n) is 26.1. The number of benzene rings is 2. The van der Waals surface area contributed by atoms with Crippen LogP contribution in [0.5, 0.6) is 5.75 Å². The van der Waals surface area contributed by atoms with Crippen LogP contribution in [0.4, 0.5) is 4.79 Å². The van der Waals surface area contributed by atoms with Crippen LogP contribution < -0.4 is 10.1 Å². The van der Waals surface area contributed by atoms with Gasteiger partial charge in [-0.05, 0) is 72.1 Å². The Morgan fingerprint density at radius 2 is 1.88 bits per heavy atom. The summed E-state index contributed by atoms with van der Waals surface area (Å²) in [7, 11) is 3.13. The van der Waals surface area contributed by atoms with Crippen LogP contribution in [0.3, 0.4) is 0 Å². The molecule has 0 bridgehead atoms. The van der Waals surface area contributed by atoms with Gasteiger partial charge in [-0.15, -0.1) is 6.58 Å². The fourth-order valence-electron chi connectivity index (χ4n) is 5.57. The molecule has 2 amide bonds. The molecule has 1 aliphatic rings. The fraction of sp³-hybridized carbons (Fsp3) is 0.500. The molecule has 1 aliphatic heterocycles. The molecule has 2 N–H and O–H groups in total. The second-order valence-corrected chi connectivity index (χ2v) is 11.8. The summed E-state index contributed by atoms with van der Waals surface area (Å²) < 4.78 is 16.9. The molecular weight excluding hydrogens is 548 g/mol. The molecule has 2 aromatic rings. The first-order chi connectivity index (χ1) is 20.5. The van der Waals surface area contributed by atoms with Crippen LogP contribution >= 0.6 is 0 Å². The zero-order valence-corrected chi connectivity index (χ0v) is 26.1. The summed E-state index contributed by atoms with van der Waals surface area (Å²) in [5.74, 6) is -0.925. The zero-order chi connectivity index (χ0) is 31.8. The number of likely N-dealkylation sites (tertiary alicyclic amines) is 1. The first-order valence-electron chi connectivity index (χ1n) is 14.8. The highest BCUT2D eigenvalue weighted by molar-refractivity contribution is 5.91. The average molecular weight is 595 g/mol. The summed E-state index contributed by atoms with van der Waals surface area (Å²) in [5.41, 5.74) is -0.178. The van der Waals surface area contributed by atoms with Crippen molar-refractivity contribution < 1.29 is 33.7 Å². The third-order valence-electron chi connectivity index (χ3n) is 8.71. The molecule has 234 valence electrons. The van der Waals surface area contributed by atoms with E-state index in [1.54, 1.807) is 13.2 Å². The second-order valence-electron chi connectivity index (χ2n) is 11.8. The van der Waals surface area contributed by atoms with Crippen molar-refractivity contribution in [1.29, 1.82) is 0 Å². The topological polar surface area (TPSA) is 114 Å². The van der Waals surface area contributed by atoms with Crippen molar-refractivity contribution in [3.05, 3.63) is 60.7 Å². The van der Waals surface area contributed by atoms with E-state index in [2.05, 4.69) is 18.5 Å². The Bertz CT molecular complexity index is 1340. The lowest BCUT2D eigenvalue weighted by molar-refractivity contribution is -0.150. The van der Waals surface area contributed by atoms with Crippen LogP contribution in [0, 0.1) is 5.41 Å². The molecule has 0 aromatic heterocycles. The summed E-state index contributed by atoms with van der Waals surface area (Å²) >= 11 is 0. The van der Waals surface area contributed by atoms with E-state index in [0.29, 0.717) is 18.6 Å². The first kappa shape index (κ1) is 33.6. The summed E-state index contributed by atoms with van der Waals surface area (Å²) in [4.78, 5) is 40.8. The number of hydrogen-bond donors (Lipinski definition) is 2. The van der Waals surface area contributed by atoms with Gasteiger partial charge in [0.15, 0.2) is 0 Å². The third-order valence-corrected chi connectivity index (χ3v) is 8.71. The third kappa shape index (κ3) is 7.57. The fourth-order valence-corrected chi connectivity index (χ4v) is 5.57. The number of carboxylic acids is 1. The number of carbonyl (C=O) groups is 3. The Morgan fingerprint density at radius 1 is 1.14 bits per heavy atom. The van der Waals surface area contributed by atoms with Gasteiger partial charge < -0.3 is 29.5 Å². The highest BCUT2D eigenvalue weighted by Gasteiger charge is 2.53. The summed E-state index contributed by atoms with van der Waals surface area (Å²) in [6.07, 6.45) is 6.95. The predicted octanol–water partition coefficient (Wildman–Crippen LogP) is 6.30. The monoisotopic (exact) mass is 594 g/mol. The molecule has 9 nitrogen and oxygen atoms in total. The molecule has 0 radical (unpaired) electrons. The number of aliphatic carboxylic acids is 1. The number of allylic oxidation sites excluding steroid dienone is 1. The lowest BCUT2D eigenvalue weighted by Gasteiger charge is -2.36. The minimum Gasteiger partial charge on any atom is -0.496 e. The van der Waals surface area contributed by atoms with Crippen LogP contribution in [0.2, 0.25) is 0 Å². The molecule has 0 aliphatic carbocycles. The summed E-state index contributed by atoms with van der Waals surface area (Å²) in [6.45, 7) is 13.5. The van der Waals surface area contributed by atoms with Gasteiger partial charge in [0.1, 0.15) is 23.4 Å². The number of amides is 2. The van der Waals surface area contributed by atoms with Gasteiger partial charge in [0.25, 0.3) is 0 Å². The van der Waals surface area contributed by atoms with E-state index >= 15 is 0 Å². The van der Waals surface area contributed by atoms with E-state index in [1.807, 2.05) is 57.2 Å². The highest BCUT2D eigenvalue weighted by atomic mass is 16.5. The first-order valence-corrected chi connectivity index (χ1v) is 14.8. The van der Waals surface area contributed by atoms with E-state index < -0.39 is 41.1 Å². The van der Waals surface area contributed by atoms with E-state index in [4.69, 9.17) is 14.2 Å². The van der Waals surface area contributed by atoms with E-state index in [0.717, 1.165) is 41.2 Å². The SMILES string of the molecule is C=CCCCCCOC(=O)N[C@H](C(=O)N1CC(OC)(c2ccc3cc(OC)c(C=C)cc3c2)CC1C(=O)O)C(C)(C)CC. The van der Waals surface area contributed by atoms with Crippen LogP contribution in [0.15, 0.2) is 49.6 Å². The van der Waals surface area contributed by atoms with Crippen LogP contribution in [0.1, 0.15) is 70.4 Å². The molecule has 9 heteroatoms. The van der Waals surface area contributed by atoms with Crippen molar-refractivity contribution in [3.63, 3.8) is 0 Å². The number of ether oxygens (including phenoxy) is 3. The minimum atomic E-state index is -1.15. The number of nitrogens with zero attached hydrogens (tertiary/aromatic N) is 1. The second kappa shape index (κ2) is 14.6. The maximum Gasteiger partial charge on any atom is 0.407 e. The maximum absolute atomic E-state index is 14.2. The number of nitrogens with one attached hydrogen (secondary N) is 1. The molecule has 43 heavy (non-hydrogen) atoms. The molecule has 1 saturated heterocycles. The van der Waals surface area contributed by atoms with Gasteiger partial charge in [-0.25, -0.2) is 9.59 Å². The normalized spacial score (nSPS) is 19.1. The van der Waals surface area contributed by atoms with Crippen LogP contribution in [0.25, 0.3) is 16.8 Å². The maximum atomic E-state index is 14.2. The number of carboxylic acid groups (broad SMARTS) is 1. The van der Waals surface area contributed by atoms with Gasteiger partial charge in [-0.2, -0.15) is 0 Å². The minimum absolute atomic E-state index is 0.00556. The molecule has 2 unspecified atom stereocenters. The lowest BCUT2D eigenvalue weighted by Crippen LogP contribution is -2.57. The van der Waals surface area contributed by atoms with Crippen molar-refractivity contribution >= 4 is 34.8 Å². The number of rotatable bonds is 15. The van der Waals surface area contributed by atoms with Gasteiger partial charge in [0, 0.05) is 19.1 Å². The van der Waals surface area contributed by atoms with E-state index in [9.17, 15) is 19.5 Å². The molecule has 0 spiro atoms. The highest BCUT2D eigenvalue weighted by Crippen LogP contribution is 2.42. The Balaban J connectivity index is 1.90. The smallest absolute Gasteiger partial charge is 0.407 e. The molecule has 1 heterocycles. The van der Waals surface area contributed by atoms with Crippen molar-refractivity contribution in [3.8, 4) is 5.75 Å². The van der Waals surface area contributed by atoms with Gasteiger partial charge in [-0.3, -0.25) is 4.79 Å². The Hall–Kier alpha value is -3.85. The molecule has 0 saturated carbocycles. The summed E-state index contributed by atoms with van der Waals surface area (Å²) in [6, 6.07) is 7.50. The number of hydrogen-bond acceptors (Lipinski definition) is 6. The van der Waals surface area contributed by atoms with Crippen molar-refractivity contribution in [2.24, 2.45) is 5.41 Å². The number of fused-ring (bicyclic) bond motifs is 1. The van der Waals surface area contributed by atoms with Gasteiger partial charge in [-0.1, -0.05) is 51.6 Å². The van der Waals surface area contributed by atoms with E-state index in [-0.39, 0.29) is 19.6 Å². The largest absolute Gasteiger partial charge is 0.496 e. The van der Waals surface area contributed by atoms with Crippen molar-refractivity contribution in [2.75, 3.05) is 27.4 Å². The molecule has 3 rings (SSSR count). The van der Waals surface area contributed by atoms with Gasteiger partial charge >= 0.3 is 12.1 Å². The Labute approximate surface area is 254 Å². The number of carbonyl (C=O) groups excluding carboxylic acids is 2. The molecule has 3 atom stereocenters. The average Bonchev–Trinajstić information content (AvgIpc) is 3.42. The van der Waals surface area contributed by atoms with Crippen LogP contribution in [-0.2, 0) is 24.7 Å². The molecule has 2 aromatic carbocycles. The molecular formula is C34H46N2O7.